The number of likely N-dealkylation sites (N-methyl/N-ethyl adjacent to an activating group) is 1. The van der Waals surface area contributed by atoms with Crippen LogP contribution in [0.25, 0.3) is 0 Å². The zero-order chi connectivity index (χ0) is 12.0. The average Bonchev–Trinajstić information content (AvgIpc) is 3.06. The number of ether oxygens (including phenoxy) is 3. The van der Waals surface area contributed by atoms with Crippen molar-refractivity contribution in [3.05, 3.63) is 0 Å². The van der Waals surface area contributed by atoms with Crippen LogP contribution in [0, 0.1) is 0 Å². The third kappa shape index (κ3) is 5.06. The second kappa shape index (κ2) is 6.41. The minimum absolute atomic E-state index is 0.00119. The number of carbonyl (C=O) groups is 2. The lowest BCUT2D eigenvalue weighted by molar-refractivity contribution is -0.154. The molecule has 0 aromatic rings. The van der Waals surface area contributed by atoms with Gasteiger partial charge in [-0.2, -0.15) is 0 Å². The van der Waals surface area contributed by atoms with E-state index < -0.39 is 18.0 Å². The number of rotatable bonds is 7. The standard InChI is InChI=1S/C9H15NO6/c1-10(4-8(12)14-3-2-11)6-16-9(13)7-5-15-7/h7,11H,2-6H2,1H3. The van der Waals surface area contributed by atoms with Crippen LogP contribution in [0.2, 0.25) is 0 Å². The first kappa shape index (κ1) is 12.9. The molecule has 1 aliphatic rings. The summed E-state index contributed by atoms with van der Waals surface area (Å²) in [7, 11) is 1.61. The third-order valence-electron chi connectivity index (χ3n) is 1.78. The molecule has 0 saturated carbocycles. The van der Waals surface area contributed by atoms with E-state index >= 15 is 0 Å². The predicted molar refractivity (Wildman–Crippen MR) is 51.4 cm³/mol. The molecule has 0 radical (unpaired) electrons. The quantitative estimate of drug-likeness (QED) is 0.320. The van der Waals surface area contributed by atoms with E-state index in [0.29, 0.717) is 6.61 Å². The smallest absolute Gasteiger partial charge is 0.339 e. The van der Waals surface area contributed by atoms with Gasteiger partial charge >= 0.3 is 11.9 Å². The van der Waals surface area contributed by atoms with Gasteiger partial charge < -0.3 is 19.3 Å². The van der Waals surface area contributed by atoms with Crippen LogP contribution in [0.1, 0.15) is 0 Å². The van der Waals surface area contributed by atoms with Crippen molar-refractivity contribution in [2.24, 2.45) is 0 Å². The zero-order valence-corrected chi connectivity index (χ0v) is 9.05. The highest BCUT2D eigenvalue weighted by Crippen LogP contribution is 2.10. The zero-order valence-electron chi connectivity index (χ0n) is 9.05. The number of nitrogens with zero attached hydrogens (tertiary/aromatic N) is 1. The maximum absolute atomic E-state index is 11.1. The molecule has 1 saturated heterocycles. The molecule has 1 atom stereocenters. The van der Waals surface area contributed by atoms with Crippen molar-refractivity contribution in [3.8, 4) is 0 Å². The summed E-state index contributed by atoms with van der Waals surface area (Å²) < 4.78 is 14.2. The minimum Gasteiger partial charge on any atom is -0.462 e. The fourth-order valence-electron chi connectivity index (χ4n) is 0.922. The Bertz CT molecular complexity index is 252. The molecule has 1 aliphatic heterocycles. The largest absolute Gasteiger partial charge is 0.462 e. The Labute approximate surface area is 92.9 Å². The highest BCUT2D eigenvalue weighted by molar-refractivity contribution is 5.77. The number of esters is 2. The molecule has 0 spiro atoms. The van der Waals surface area contributed by atoms with Gasteiger partial charge in [0.15, 0.2) is 6.10 Å². The van der Waals surface area contributed by atoms with Crippen molar-refractivity contribution < 1.29 is 28.9 Å². The molecule has 0 bridgehead atoms. The molecule has 0 aliphatic carbocycles. The van der Waals surface area contributed by atoms with Crippen LogP contribution in [0.4, 0.5) is 0 Å². The number of aliphatic hydroxyl groups is 1. The molecular weight excluding hydrogens is 218 g/mol. The van der Waals surface area contributed by atoms with Crippen LogP contribution < -0.4 is 0 Å². The Balaban J connectivity index is 2.07. The van der Waals surface area contributed by atoms with E-state index in [1.807, 2.05) is 0 Å². The number of hydrogen-bond donors (Lipinski definition) is 1. The van der Waals surface area contributed by atoms with Crippen molar-refractivity contribution >= 4 is 11.9 Å². The number of epoxide rings is 1. The Morgan fingerprint density at radius 1 is 1.50 bits per heavy atom. The van der Waals surface area contributed by atoms with E-state index in [-0.39, 0.29) is 26.5 Å². The van der Waals surface area contributed by atoms with Gasteiger partial charge in [-0.3, -0.25) is 9.69 Å². The van der Waals surface area contributed by atoms with E-state index in [0.717, 1.165) is 0 Å². The lowest BCUT2D eigenvalue weighted by atomic mass is 10.5. The topological polar surface area (TPSA) is 88.6 Å². The second-order valence-corrected chi connectivity index (χ2v) is 3.37. The van der Waals surface area contributed by atoms with Crippen molar-refractivity contribution in [1.29, 1.82) is 0 Å². The summed E-state index contributed by atoms with van der Waals surface area (Å²) in [6.45, 7) is 0.179. The van der Waals surface area contributed by atoms with Gasteiger partial charge in [-0.1, -0.05) is 0 Å². The van der Waals surface area contributed by atoms with Crippen LogP contribution in [-0.2, 0) is 23.8 Å². The highest BCUT2D eigenvalue weighted by Gasteiger charge is 2.33. The van der Waals surface area contributed by atoms with Gasteiger partial charge in [-0.15, -0.1) is 0 Å². The lowest BCUT2D eigenvalue weighted by Crippen LogP contribution is -2.31. The van der Waals surface area contributed by atoms with Gasteiger partial charge in [0.25, 0.3) is 0 Å². The molecule has 1 rings (SSSR count). The second-order valence-electron chi connectivity index (χ2n) is 3.37. The Hall–Kier alpha value is -1.18. The van der Waals surface area contributed by atoms with E-state index in [1.165, 1.54) is 4.90 Å². The fraction of sp³-hybridized carbons (Fsp3) is 0.778. The van der Waals surface area contributed by atoms with E-state index in [2.05, 4.69) is 4.74 Å². The third-order valence-corrected chi connectivity index (χ3v) is 1.78. The molecular formula is C9H15NO6. The van der Waals surface area contributed by atoms with Gasteiger partial charge in [0.1, 0.15) is 13.3 Å². The number of hydrogen-bond acceptors (Lipinski definition) is 7. The van der Waals surface area contributed by atoms with E-state index in [1.54, 1.807) is 7.05 Å². The molecule has 0 amide bonds. The van der Waals surface area contributed by atoms with Gasteiger partial charge in [0, 0.05) is 0 Å². The van der Waals surface area contributed by atoms with Crippen molar-refractivity contribution in [2.45, 2.75) is 6.10 Å². The van der Waals surface area contributed by atoms with E-state index in [4.69, 9.17) is 14.6 Å². The van der Waals surface area contributed by atoms with Crippen LogP contribution in [0.3, 0.4) is 0 Å². The molecule has 16 heavy (non-hydrogen) atoms. The molecule has 1 fully saturated rings. The predicted octanol–water partition coefficient (Wildman–Crippen LogP) is -1.65. The van der Waals surface area contributed by atoms with Gasteiger partial charge in [-0.05, 0) is 7.05 Å². The first-order valence-corrected chi connectivity index (χ1v) is 4.86. The summed E-state index contributed by atoms with van der Waals surface area (Å²) in [5, 5.41) is 8.42. The van der Waals surface area contributed by atoms with Crippen LogP contribution in [0.15, 0.2) is 0 Å². The molecule has 0 aromatic carbocycles. The fourth-order valence-corrected chi connectivity index (χ4v) is 0.922. The number of carbonyl (C=O) groups excluding carboxylic acids is 2. The van der Waals surface area contributed by atoms with Crippen LogP contribution in [-0.4, -0.2) is 68.2 Å². The summed E-state index contributed by atoms with van der Waals surface area (Å²) in [4.78, 5) is 23.6. The lowest BCUT2D eigenvalue weighted by Gasteiger charge is -2.15. The van der Waals surface area contributed by atoms with Gasteiger partial charge in [0.2, 0.25) is 0 Å². The molecule has 1 heterocycles. The summed E-state index contributed by atoms with van der Waals surface area (Å²) in [5.74, 6) is -0.897. The summed E-state index contributed by atoms with van der Waals surface area (Å²) in [5.41, 5.74) is 0. The van der Waals surface area contributed by atoms with E-state index in [9.17, 15) is 9.59 Å². The molecule has 1 N–H and O–H groups in total. The van der Waals surface area contributed by atoms with Crippen LogP contribution >= 0.6 is 0 Å². The normalized spacial score (nSPS) is 18.3. The SMILES string of the molecule is CN(COC(=O)C1CO1)CC(=O)OCCO. The first-order chi connectivity index (χ1) is 7.63. The Morgan fingerprint density at radius 3 is 2.75 bits per heavy atom. The first-order valence-electron chi connectivity index (χ1n) is 4.86. The summed E-state index contributed by atoms with van der Waals surface area (Å²) >= 11 is 0. The monoisotopic (exact) mass is 233 g/mol. The molecule has 0 aromatic heterocycles. The van der Waals surface area contributed by atoms with Crippen molar-refractivity contribution in [3.63, 3.8) is 0 Å². The van der Waals surface area contributed by atoms with Crippen molar-refractivity contribution in [2.75, 3.05) is 40.1 Å². The van der Waals surface area contributed by atoms with Gasteiger partial charge in [-0.25, -0.2) is 4.79 Å². The summed E-state index contributed by atoms with van der Waals surface area (Å²) in [6, 6.07) is 0. The van der Waals surface area contributed by atoms with Crippen LogP contribution in [0.5, 0.6) is 0 Å². The average molecular weight is 233 g/mol. The maximum atomic E-state index is 11.1. The molecule has 92 valence electrons. The summed E-state index contributed by atoms with van der Waals surface area (Å²) in [6.07, 6.45) is -0.435. The maximum Gasteiger partial charge on any atom is 0.339 e. The Kier molecular flexibility index (Phi) is 5.17. The van der Waals surface area contributed by atoms with Gasteiger partial charge in [0.05, 0.1) is 19.8 Å². The van der Waals surface area contributed by atoms with Crippen molar-refractivity contribution in [1.82, 2.24) is 4.90 Å². The number of aliphatic hydroxyl groups excluding tert-OH is 1. The highest BCUT2D eigenvalue weighted by atomic mass is 16.6. The minimum atomic E-state index is -0.477. The Morgan fingerprint density at radius 2 is 2.19 bits per heavy atom. The molecule has 1 unspecified atom stereocenters. The molecule has 7 heteroatoms. The molecule has 7 nitrogen and oxygen atoms in total.